The van der Waals surface area contributed by atoms with Gasteiger partial charge in [0.25, 0.3) is 15.9 Å². The molecule has 2 heterocycles. The van der Waals surface area contributed by atoms with Gasteiger partial charge in [0.15, 0.2) is 6.61 Å². The molecule has 1 fully saturated rings. The second-order valence-corrected chi connectivity index (χ2v) is 9.83. The number of hydrogen-bond donors (Lipinski definition) is 0. The zero-order valence-electron chi connectivity index (χ0n) is 17.3. The Balaban J connectivity index is 1.46. The largest absolute Gasteiger partial charge is 0.483 e. The second-order valence-electron chi connectivity index (χ2n) is 7.97. The van der Waals surface area contributed by atoms with Gasteiger partial charge in [0.2, 0.25) is 0 Å². The summed E-state index contributed by atoms with van der Waals surface area (Å²) in [7, 11) is -3.64. The number of para-hydroxylation sites is 1. The number of hydrogen-bond acceptors (Lipinski definition) is 4. The number of carbonyl (C=O) groups is 1. The minimum Gasteiger partial charge on any atom is -0.483 e. The molecule has 2 aromatic rings. The Morgan fingerprint density at radius 1 is 1.00 bits per heavy atom. The van der Waals surface area contributed by atoms with Crippen molar-refractivity contribution in [3.05, 3.63) is 53.6 Å². The highest BCUT2D eigenvalue weighted by molar-refractivity contribution is 7.92. The maximum atomic E-state index is 13.2. The van der Waals surface area contributed by atoms with Crippen molar-refractivity contribution in [2.45, 2.75) is 43.9 Å². The number of rotatable bonds is 5. The molecule has 1 saturated heterocycles. The van der Waals surface area contributed by atoms with Gasteiger partial charge in [0.05, 0.1) is 10.6 Å². The third-order valence-electron chi connectivity index (χ3n) is 5.89. The van der Waals surface area contributed by atoms with Gasteiger partial charge in [-0.1, -0.05) is 31.0 Å². The number of carbonyl (C=O) groups excluding carboxylic acids is 1. The average molecular weight is 429 g/mol. The van der Waals surface area contributed by atoms with Crippen LogP contribution in [0.15, 0.2) is 47.4 Å². The smallest absolute Gasteiger partial charge is 0.264 e. The van der Waals surface area contributed by atoms with Gasteiger partial charge in [-0.3, -0.25) is 9.10 Å². The molecule has 7 heteroatoms. The van der Waals surface area contributed by atoms with E-state index in [1.807, 2.05) is 36.1 Å². The molecule has 0 N–H and O–H groups in total. The Hall–Kier alpha value is -2.54. The zero-order chi connectivity index (χ0) is 21.1. The lowest BCUT2D eigenvalue weighted by Gasteiger charge is -2.21. The van der Waals surface area contributed by atoms with E-state index in [2.05, 4.69) is 0 Å². The molecule has 160 valence electrons. The summed E-state index contributed by atoms with van der Waals surface area (Å²) in [6.07, 6.45) is 5.13. The summed E-state index contributed by atoms with van der Waals surface area (Å²) in [5.41, 5.74) is 2.50. The molecular weight excluding hydrogens is 400 g/mol. The maximum absolute atomic E-state index is 13.2. The number of aryl methyl sites for hydroxylation is 1. The first-order chi connectivity index (χ1) is 14.5. The predicted molar refractivity (Wildman–Crippen MR) is 116 cm³/mol. The summed E-state index contributed by atoms with van der Waals surface area (Å²) in [6.45, 7) is 3.81. The van der Waals surface area contributed by atoms with Crippen molar-refractivity contribution in [3.63, 3.8) is 0 Å². The van der Waals surface area contributed by atoms with Gasteiger partial charge >= 0.3 is 0 Å². The summed E-state index contributed by atoms with van der Waals surface area (Å²) in [5.74, 6) is 0.528. The van der Waals surface area contributed by atoms with Crippen LogP contribution in [0, 0.1) is 6.92 Å². The second kappa shape index (κ2) is 8.68. The van der Waals surface area contributed by atoms with Gasteiger partial charge in [-0.25, -0.2) is 8.42 Å². The third kappa shape index (κ3) is 4.17. The lowest BCUT2D eigenvalue weighted by atomic mass is 10.2. The molecule has 0 aliphatic carbocycles. The normalized spacial score (nSPS) is 16.8. The van der Waals surface area contributed by atoms with Crippen LogP contribution in [-0.2, 0) is 21.2 Å². The highest BCUT2D eigenvalue weighted by atomic mass is 32.2. The molecule has 2 aliphatic heterocycles. The number of nitrogens with zero attached hydrogens (tertiary/aromatic N) is 2. The van der Waals surface area contributed by atoms with E-state index in [9.17, 15) is 13.2 Å². The summed E-state index contributed by atoms with van der Waals surface area (Å²) in [4.78, 5) is 14.6. The topological polar surface area (TPSA) is 66.9 Å². The van der Waals surface area contributed by atoms with Crippen LogP contribution in [0.5, 0.6) is 5.75 Å². The van der Waals surface area contributed by atoms with Gasteiger partial charge < -0.3 is 9.64 Å². The predicted octanol–water partition coefficient (Wildman–Crippen LogP) is 3.53. The van der Waals surface area contributed by atoms with Crippen molar-refractivity contribution in [1.29, 1.82) is 0 Å². The molecule has 2 aromatic carbocycles. The first-order valence-corrected chi connectivity index (χ1v) is 12.0. The van der Waals surface area contributed by atoms with E-state index < -0.39 is 10.0 Å². The van der Waals surface area contributed by atoms with Crippen LogP contribution in [0.1, 0.15) is 36.8 Å². The van der Waals surface area contributed by atoms with Gasteiger partial charge in [-0.05, 0) is 61.6 Å². The van der Waals surface area contributed by atoms with E-state index in [-0.39, 0.29) is 17.4 Å². The van der Waals surface area contributed by atoms with Crippen molar-refractivity contribution >= 4 is 21.6 Å². The fourth-order valence-electron chi connectivity index (χ4n) is 4.18. The van der Waals surface area contributed by atoms with Gasteiger partial charge in [0.1, 0.15) is 5.75 Å². The number of amides is 1. The number of likely N-dealkylation sites (tertiary alicyclic amines) is 1. The molecule has 0 saturated carbocycles. The van der Waals surface area contributed by atoms with Crippen LogP contribution < -0.4 is 9.04 Å². The zero-order valence-corrected chi connectivity index (χ0v) is 18.2. The highest BCUT2D eigenvalue weighted by Crippen LogP contribution is 2.33. The molecule has 0 atom stereocenters. The fourth-order valence-corrected chi connectivity index (χ4v) is 5.77. The van der Waals surface area contributed by atoms with E-state index in [4.69, 9.17) is 4.74 Å². The monoisotopic (exact) mass is 428 g/mol. The van der Waals surface area contributed by atoms with Crippen LogP contribution in [-0.4, -0.2) is 45.5 Å². The fraction of sp³-hybridized carbons (Fsp3) is 0.435. The first kappa shape index (κ1) is 20.7. The van der Waals surface area contributed by atoms with E-state index >= 15 is 0 Å². The molecule has 0 spiro atoms. The Morgan fingerprint density at radius 3 is 2.47 bits per heavy atom. The third-order valence-corrected chi connectivity index (χ3v) is 7.70. The van der Waals surface area contributed by atoms with Gasteiger partial charge in [-0.2, -0.15) is 0 Å². The van der Waals surface area contributed by atoms with Crippen LogP contribution >= 0.6 is 0 Å². The molecule has 0 unspecified atom stereocenters. The van der Waals surface area contributed by atoms with Crippen LogP contribution in [0.3, 0.4) is 0 Å². The lowest BCUT2D eigenvalue weighted by molar-refractivity contribution is -0.133. The van der Waals surface area contributed by atoms with Crippen molar-refractivity contribution in [2.75, 3.05) is 30.5 Å². The summed E-state index contributed by atoms with van der Waals surface area (Å²) in [6, 6.07) is 12.4. The van der Waals surface area contributed by atoms with E-state index in [0.717, 1.165) is 37.2 Å². The molecule has 30 heavy (non-hydrogen) atoms. The molecule has 0 radical (unpaired) electrons. The number of fused-ring (bicyclic) bond motifs is 1. The Bertz CT molecular complexity index is 1030. The molecule has 0 bridgehead atoms. The maximum Gasteiger partial charge on any atom is 0.264 e. The summed E-state index contributed by atoms with van der Waals surface area (Å²) in [5, 5.41) is 0. The molecule has 2 aliphatic rings. The Kier molecular flexibility index (Phi) is 5.99. The van der Waals surface area contributed by atoms with Crippen molar-refractivity contribution in [3.8, 4) is 5.75 Å². The van der Waals surface area contributed by atoms with Crippen LogP contribution in [0.25, 0.3) is 0 Å². The molecule has 0 aromatic heterocycles. The van der Waals surface area contributed by atoms with Gasteiger partial charge in [0, 0.05) is 19.6 Å². The average Bonchev–Trinajstić information content (AvgIpc) is 2.99. The number of ether oxygens (including phenoxy) is 1. The molecule has 1 amide bonds. The van der Waals surface area contributed by atoms with Crippen LogP contribution in [0.2, 0.25) is 0 Å². The van der Waals surface area contributed by atoms with E-state index in [1.54, 1.807) is 18.2 Å². The number of sulfonamides is 1. The summed E-state index contributed by atoms with van der Waals surface area (Å²) >= 11 is 0. The first-order valence-electron chi connectivity index (χ1n) is 10.6. The Labute approximate surface area is 178 Å². The lowest BCUT2D eigenvalue weighted by Crippen LogP contribution is -2.35. The van der Waals surface area contributed by atoms with Crippen molar-refractivity contribution in [2.24, 2.45) is 0 Å². The minimum atomic E-state index is -3.64. The molecule has 6 nitrogen and oxygen atoms in total. The van der Waals surface area contributed by atoms with Crippen LogP contribution in [0.4, 0.5) is 5.69 Å². The quantitative estimate of drug-likeness (QED) is 0.731. The summed E-state index contributed by atoms with van der Waals surface area (Å²) < 4.78 is 33.6. The molecule has 4 rings (SSSR count). The van der Waals surface area contributed by atoms with Gasteiger partial charge in [-0.15, -0.1) is 0 Å². The molecular formula is C23H28N2O4S. The number of anilines is 1. The standard InChI is InChI=1S/C23H28N2O4S/c1-18-16-20(30(27,28)25-15-12-19-8-4-5-9-21(19)25)10-11-22(18)29-17-23(26)24-13-6-2-3-7-14-24/h4-5,8-11,16H,2-3,6-7,12-15,17H2,1H3. The minimum absolute atomic E-state index is 0.0123. The highest BCUT2D eigenvalue weighted by Gasteiger charge is 2.30. The Morgan fingerprint density at radius 2 is 1.73 bits per heavy atom. The van der Waals surface area contributed by atoms with Crippen molar-refractivity contribution < 1.29 is 17.9 Å². The van der Waals surface area contributed by atoms with E-state index in [0.29, 0.717) is 24.3 Å². The number of benzene rings is 2. The SMILES string of the molecule is Cc1cc(S(=O)(=O)N2CCc3ccccc32)ccc1OCC(=O)N1CCCCCC1. The van der Waals surface area contributed by atoms with E-state index in [1.165, 1.54) is 17.1 Å². The van der Waals surface area contributed by atoms with Crippen molar-refractivity contribution in [1.82, 2.24) is 4.90 Å².